The van der Waals surface area contributed by atoms with Gasteiger partial charge in [0.1, 0.15) is 11.5 Å². The molecule has 0 radical (unpaired) electrons. The van der Waals surface area contributed by atoms with Crippen molar-refractivity contribution in [2.24, 2.45) is 5.73 Å². The predicted molar refractivity (Wildman–Crippen MR) is 62.0 cm³/mol. The Hall–Kier alpha value is -1.04. The zero-order valence-corrected chi connectivity index (χ0v) is 9.41. The molecule has 16 heavy (non-hydrogen) atoms. The average Bonchev–Trinajstić information content (AvgIpc) is 2.60. The summed E-state index contributed by atoms with van der Waals surface area (Å²) in [4.78, 5) is 10.6. The van der Waals surface area contributed by atoms with E-state index in [9.17, 15) is 9.90 Å². The van der Waals surface area contributed by atoms with Crippen molar-refractivity contribution in [1.29, 1.82) is 0 Å². The summed E-state index contributed by atoms with van der Waals surface area (Å²) in [6.45, 7) is 0. The number of rotatable bonds is 3. The number of hydrogen-bond donors (Lipinski definition) is 3. The van der Waals surface area contributed by atoms with Gasteiger partial charge in [0.15, 0.2) is 0 Å². The lowest BCUT2D eigenvalue weighted by Crippen LogP contribution is -2.32. The molecule has 1 aliphatic heterocycles. The Kier molecular flexibility index (Phi) is 3.18. The van der Waals surface area contributed by atoms with Gasteiger partial charge in [-0.1, -0.05) is 18.2 Å². The summed E-state index contributed by atoms with van der Waals surface area (Å²) < 4.78 is 0. The molecule has 1 aliphatic rings. The first-order valence-electron chi connectivity index (χ1n) is 4.97. The first-order chi connectivity index (χ1) is 7.58. The summed E-state index contributed by atoms with van der Waals surface area (Å²) in [5.74, 6) is -0.220. The molecule has 1 heterocycles. The van der Waals surface area contributed by atoms with Crippen LogP contribution in [0.4, 0.5) is 0 Å². The second-order valence-corrected chi connectivity index (χ2v) is 4.91. The largest absolute Gasteiger partial charge is 0.480 e. The molecule has 0 amide bonds. The SMILES string of the molecule is N[C@@H](Cc1ccc2c(c1)CSC2O)C(=O)O. The molecule has 0 bridgehead atoms. The molecule has 0 aliphatic carbocycles. The number of carbonyl (C=O) groups is 1. The second kappa shape index (κ2) is 4.45. The molecule has 0 fully saturated rings. The summed E-state index contributed by atoms with van der Waals surface area (Å²) in [5.41, 5.74) is 7.93. The number of nitrogens with two attached hydrogens (primary N) is 1. The first-order valence-corrected chi connectivity index (χ1v) is 6.02. The van der Waals surface area contributed by atoms with Crippen LogP contribution in [-0.4, -0.2) is 22.2 Å². The van der Waals surface area contributed by atoms with E-state index >= 15 is 0 Å². The van der Waals surface area contributed by atoms with Crippen LogP contribution in [0.1, 0.15) is 22.1 Å². The average molecular weight is 239 g/mol. The van der Waals surface area contributed by atoms with Crippen LogP contribution in [0, 0.1) is 0 Å². The van der Waals surface area contributed by atoms with Gasteiger partial charge in [-0.3, -0.25) is 4.79 Å². The van der Waals surface area contributed by atoms with Crippen molar-refractivity contribution in [1.82, 2.24) is 0 Å². The summed E-state index contributed by atoms with van der Waals surface area (Å²) in [5, 5.41) is 18.3. The fourth-order valence-corrected chi connectivity index (χ4v) is 2.75. The van der Waals surface area contributed by atoms with Crippen LogP contribution in [0.25, 0.3) is 0 Å². The third-order valence-electron chi connectivity index (χ3n) is 2.64. The summed E-state index contributed by atoms with van der Waals surface area (Å²) in [6, 6.07) is 4.75. The molecule has 4 N–H and O–H groups in total. The molecule has 4 nitrogen and oxygen atoms in total. The van der Waals surface area contributed by atoms with Gasteiger partial charge in [0.05, 0.1) is 0 Å². The maximum atomic E-state index is 10.6. The van der Waals surface area contributed by atoms with Crippen LogP contribution in [0.5, 0.6) is 0 Å². The normalized spacial score (nSPS) is 20.5. The van der Waals surface area contributed by atoms with Gasteiger partial charge in [-0.15, -0.1) is 11.8 Å². The Labute approximate surface area is 97.5 Å². The molecule has 86 valence electrons. The van der Waals surface area contributed by atoms with Crippen molar-refractivity contribution < 1.29 is 15.0 Å². The predicted octanol–water partition coefficient (Wildman–Crippen LogP) is 0.879. The Balaban J connectivity index is 2.16. The minimum Gasteiger partial charge on any atom is -0.480 e. The molecule has 5 heteroatoms. The van der Waals surface area contributed by atoms with E-state index < -0.39 is 17.4 Å². The van der Waals surface area contributed by atoms with Gasteiger partial charge in [-0.2, -0.15) is 0 Å². The van der Waals surface area contributed by atoms with E-state index in [2.05, 4.69) is 0 Å². The standard InChI is InChI=1S/C11H13NO3S/c12-9(10(13)14)4-6-1-2-8-7(3-6)5-16-11(8)15/h1-3,9,11,15H,4-5,12H2,(H,13,14)/t9-,11?/m0/s1. The highest BCUT2D eigenvalue weighted by Gasteiger charge is 2.21. The van der Waals surface area contributed by atoms with E-state index in [0.717, 1.165) is 22.4 Å². The van der Waals surface area contributed by atoms with Gasteiger partial charge in [0.25, 0.3) is 0 Å². The van der Waals surface area contributed by atoms with E-state index in [1.165, 1.54) is 11.8 Å². The third kappa shape index (κ3) is 2.21. The van der Waals surface area contributed by atoms with E-state index in [1.54, 1.807) is 0 Å². The monoisotopic (exact) mass is 239 g/mol. The first kappa shape index (κ1) is 11.4. The van der Waals surface area contributed by atoms with Crippen LogP contribution in [0.3, 0.4) is 0 Å². The Bertz CT molecular complexity index is 422. The number of benzene rings is 1. The minimum atomic E-state index is -0.991. The number of aliphatic hydroxyl groups is 1. The molecular weight excluding hydrogens is 226 g/mol. The lowest BCUT2D eigenvalue weighted by molar-refractivity contribution is -0.138. The van der Waals surface area contributed by atoms with Gasteiger partial charge in [-0.25, -0.2) is 0 Å². The lowest BCUT2D eigenvalue weighted by atomic mass is 10.0. The topological polar surface area (TPSA) is 83.5 Å². The number of aliphatic hydroxyl groups excluding tert-OH is 1. The quantitative estimate of drug-likeness (QED) is 0.729. The number of aliphatic carboxylic acids is 1. The lowest BCUT2D eigenvalue weighted by Gasteiger charge is -2.08. The Morgan fingerprint density at radius 1 is 1.62 bits per heavy atom. The summed E-state index contributed by atoms with van der Waals surface area (Å²) in [7, 11) is 0. The minimum absolute atomic E-state index is 0.323. The van der Waals surface area contributed by atoms with Gasteiger partial charge in [0, 0.05) is 5.75 Å². The van der Waals surface area contributed by atoms with E-state index in [-0.39, 0.29) is 0 Å². The summed E-state index contributed by atoms with van der Waals surface area (Å²) in [6.07, 6.45) is 0.323. The molecular formula is C11H13NO3S. The van der Waals surface area contributed by atoms with Crippen LogP contribution in [-0.2, 0) is 17.0 Å². The molecule has 0 saturated heterocycles. The van der Waals surface area contributed by atoms with Crippen LogP contribution in [0.2, 0.25) is 0 Å². The molecule has 1 unspecified atom stereocenters. The Morgan fingerprint density at radius 3 is 3.06 bits per heavy atom. The van der Waals surface area contributed by atoms with Crippen LogP contribution in [0.15, 0.2) is 18.2 Å². The van der Waals surface area contributed by atoms with E-state index in [4.69, 9.17) is 10.8 Å². The van der Waals surface area contributed by atoms with Gasteiger partial charge in [0.2, 0.25) is 0 Å². The van der Waals surface area contributed by atoms with Crippen molar-refractivity contribution >= 4 is 17.7 Å². The van der Waals surface area contributed by atoms with Gasteiger partial charge >= 0.3 is 5.97 Å². The van der Waals surface area contributed by atoms with Crippen LogP contribution >= 0.6 is 11.8 Å². The zero-order chi connectivity index (χ0) is 11.7. The number of hydrogen-bond acceptors (Lipinski definition) is 4. The molecule has 0 spiro atoms. The fourth-order valence-electron chi connectivity index (χ4n) is 1.75. The Morgan fingerprint density at radius 2 is 2.38 bits per heavy atom. The van der Waals surface area contributed by atoms with Crippen molar-refractivity contribution in [3.8, 4) is 0 Å². The highest BCUT2D eigenvalue weighted by Crippen LogP contribution is 2.39. The highest BCUT2D eigenvalue weighted by atomic mass is 32.2. The summed E-state index contributed by atoms with van der Waals surface area (Å²) >= 11 is 1.47. The molecule has 1 aromatic carbocycles. The molecule has 0 saturated carbocycles. The molecule has 2 rings (SSSR count). The third-order valence-corrected chi connectivity index (χ3v) is 3.69. The van der Waals surface area contributed by atoms with Crippen molar-refractivity contribution in [2.45, 2.75) is 23.7 Å². The zero-order valence-electron chi connectivity index (χ0n) is 8.59. The van der Waals surface area contributed by atoms with Gasteiger partial charge < -0.3 is 15.9 Å². The highest BCUT2D eigenvalue weighted by molar-refractivity contribution is 7.98. The van der Waals surface area contributed by atoms with Crippen molar-refractivity contribution in [3.63, 3.8) is 0 Å². The van der Waals surface area contributed by atoms with E-state index in [0.29, 0.717) is 6.42 Å². The van der Waals surface area contributed by atoms with E-state index in [1.807, 2.05) is 18.2 Å². The number of carboxylic acid groups (broad SMARTS) is 1. The number of thioether (sulfide) groups is 1. The second-order valence-electron chi connectivity index (χ2n) is 3.85. The maximum absolute atomic E-state index is 10.6. The molecule has 2 atom stereocenters. The van der Waals surface area contributed by atoms with Crippen molar-refractivity contribution in [2.75, 3.05) is 0 Å². The number of fused-ring (bicyclic) bond motifs is 1. The van der Waals surface area contributed by atoms with Crippen LogP contribution < -0.4 is 5.73 Å². The fraction of sp³-hybridized carbons (Fsp3) is 0.364. The smallest absolute Gasteiger partial charge is 0.320 e. The maximum Gasteiger partial charge on any atom is 0.320 e. The molecule has 0 aromatic heterocycles. The van der Waals surface area contributed by atoms with Crippen molar-refractivity contribution in [3.05, 3.63) is 34.9 Å². The van der Waals surface area contributed by atoms with Gasteiger partial charge in [-0.05, 0) is 23.1 Å². The molecule has 1 aromatic rings. The number of carboxylic acids is 1.